The monoisotopic (exact) mass is 658 g/mol. The van der Waals surface area contributed by atoms with Crippen LogP contribution in [0, 0.1) is 41.4 Å². The number of nitrogens with two attached hydrogens (primary N) is 2. The summed E-state index contributed by atoms with van der Waals surface area (Å²) >= 11 is 0. The molecule has 0 aliphatic heterocycles. The third kappa shape index (κ3) is 8.47. The average Bonchev–Trinajstić information content (AvgIpc) is 3.55. The molecule has 1 aromatic carbocycles. The van der Waals surface area contributed by atoms with Gasteiger partial charge in [0.15, 0.2) is 23.2 Å². The number of aromatic hydroxyl groups is 1. The molecule has 8 nitrogen and oxygen atoms in total. The first-order chi connectivity index (χ1) is 23.2. The van der Waals surface area contributed by atoms with Crippen molar-refractivity contribution < 1.29 is 19.4 Å². The predicted octanol–water partition coefficient (Wildman–Crippen LogP) is 6.14. The van der Waals surface area contributed by atoms with Gasteiger partial charge >= 0.3 is 0 Å². The fraction of sp³-hybridized carbons (Fsp3) is 0.650. The van der Waals surface area contributed by atoms with E-state index in [2.05, 4.69) is 42.1 Å². The summed E-state index contributed by atoms with van der Waals surface area (Å²) in [4.78, 5) is 17.7. The van der Waals surface area contributed by atoms with Crippen molar-refractivity contribution in [2.45, 2.75) is 109 Å². The van der Waals surface area contributed by atoms with Crippen LogP contribution in [0.4, 0.5) is 0 Å². The maximum Gasteiger partial charge on any atom is 0.186 e. The quantitative estimate of drug-likeness (QED) is 0.0658. The number of nitrogens with one attached hydrogen (secondary N) is 1. The summed E-state index contributed by atoms with van der Waals surface area (Å²) in [5.41, 5.74) is 16.0. The van der Waals surface area contributed by atoms with Gasteiger partial charge in [0, 0.05) is 43.5 Å². The molecule has 0 saturated heterocycles. The molecule has 262 valence electrons. The fourth-order valence-electron chi connectivity index (χ4n) is 9.02. The number of carbonyl (C=O) groups excluding carboxylic acids is 1. The van der Waals surface area contributed by atoms with Crippen LogP contribution in [-0.2, 0) is 16.0 Å². The van der Waals surface area contributed by atoms with Crippen molar-refractivity contribution in [2.24, 2.45) is 46.0 Å². The Bertz CT molecular complexity index is 1430. The lowest BCUT2D eigenvalue weighted by Crippen LogP contribution is -2.43. The fourth-order valence-corrected chi connectivity index (χ4v) is 9.02. The molecule has 2 fully saturated rings. The summed E-state index contributed by atoms with van der Waals surface area (Å²) in [7, 11) is 3.80. The van der Waals surface area contributed by atoms with Gasteiger partial charge in [0.2, 0.25) is 0 Å². The number of aliphatic imine (C=N–C) groups is 1. The molecule has 1 aromatic rings. The van der Waals surface area contributed by atoms with E-state index < -0.39 is 0 Å². The first-order valence-corrected chi connectivity index (χ1v) is 18.4. The lowest BCUT2D eigenvalue weighted by molar-refractivity contribution is -0.114. The highest BCUT2D eigenvalue weighted by atomic mass is 16.5. The van der Waals surface area contributed by atoms with Crippen LogP contribution in [0.3, 0.4) is 0 Å². The number of phenols is 1. The molecule has 4 aliphatic carbocycles. The summed E-state index contributed by atoms with van der Waals surface area (Å²) in [6, 6.07) is 1.80. The van der Waals surface area contributed by atoms with Gasteiger partial charge in [0.1, 0.15) is 0 Å². The maximum absolute atomic E-state index is 13.0. The highest BCUT2D eigenvalue weighted by molar-refractivity contribution is 5.89. The number of hydrogen-bond donors (Lipinski definition) is 4. The van der Waals surface area contributed by atoms with Crippen molar-refractivity contribution in [3.63, 3.8) is 0 Å². The number of carbonyl (C=O) groups is 1. The van der Waals surface area contributed by atoms with Crippen LogP contribution in [-0.4, -0.2) is 56.3 Å². The van der Waals surface area contributed by atoms with E-state index in [1.165, 1.54) is 5.57 Å². The number of hydrogen-bond acceptors (Lipinski definition) is 6. The molecule has 5 rings (SSSR count). The number of ketones is 1. The number of benzene rings is 1. The van der Waals surface area contributed by atoms with Crippen molar-refractivity contribution in [2.75, 3.05) is 27.3 Å². The second-order valence-corrected chi connectivity index (χ2v) is 14.7. The molecular formula is C40H58N4O4. The minimum Gasteiger partial charge on any atom is -0.504 e. The zero-order valence-electron chi connectivity index (χ0n) is 29.6. The van der Waals surface area contributed by atoms with Gasteiger partial charge in [-0.3, -0.25) is 4.79 Å². The normalized spacial score (nSPS) is 28.5. The standard InChI is InChI=1S/C40H58N4O4/c1-5-6-7-12-30(45)17-16-26-22-36(48-31-13-8-9-14-31)39(46)38-32(26)15-10-11-29(44-40(41)42)20-27-21-33-28(23-43-3)18-25(2)19-34(33)37(38)35(27)24-47-4/h7,12,21-22,25,27-29,31,34-35,37,43,46H,5-6,8-9,11,13-14,16-20,23-24H2,1-4H3,(H4,41,42,44). The first-order valence-electron chi connectivity index (χ1n) is 18.4. The lowest BCUT2D eigenvalue weighted by atomic mass is 9.56. The van der Waals surface area contributed by atoms with Crippen molar-refractivity contribution >= 4 is 11.7 Å². The summed E-state index contributed by atoms with van der Waals surface area (Å²) in [5.74, 6) is 9.13. The Kier molecular flexibility index (Phi) is 12.7. The molecule has 4 aliphatic rings. The zero-order valence-corrected chi connectivity index (χ0v) is 29.6. The number of rotatable bonds is 13. The molecule has 0 radical (unpaired) electrons. The topological polar surface area (TPSA) is 132 Å². The highest BCUT2D eigenvalue weighted by Gasteiger charge is 2.48. The Hall–Kier alpha value is -3.28. The van der Waals surface area contributed by atoms with E-state index in [0.717, 1.165) is 81.0 Å². The molecule has 2 saturated carbocycles. The average molecular weight is 659 g/mol. The summed E-state index contributed by atoms with van der Waals surface area (Å²) in [6.45, 7) is 5.90. The number of nitrogens with zero attached hydrogens (tertiary/aromatic N) is 1. The molecule has 6 N–H and O–H groups in total. The van der Waals surface area contributed by atoms with E-state index in [1.54, 1.807) is 13.2 Å². The summed E-state index contributed by atoms with van der Waals surface area (Å²) < 4.78 is 12.6. The maximum atomic E-state index is 13.0. The number of unbranched alkanes of at least 4 members (excludes halogenated alkanes) is 1. The van der Waals surface area contributed by atoms with Gasteiger partial charge in [-0.25, -0.2) is 4.99 Å². The smallest absolute Gasteiger partial charge is 0.186 e. The number of methoxy groups -OCH3 is 1. The number of fused-ring (bicyclic) bond motifs is 6. The molecular weight excluding hydrogens is 600 g/mol. The van der Waals surface area contributed by atoms with E-state index >= 15 is 0 Å². The SMILES string of the molecule is CCCC=CC(=O)CCc1cc(OC2CCCC2)c(O)c2c1C#CCC(N=C(N)N)CC1C=C3C(CNC)CC(C)CC3C2C1COC. The minimum atomic E-state index is -0.167. The van der Waals surface area contributed by atoms with Gasteiger partial charge in [-0.1, -0.05) is 49.8 Å². The number of aryl methyl sites for hydroxylation is 1. The number of ether oxygens (including phenoxy) is 2. The van der Waals surface area contributed by atoms with Gasteiger partial charge in [-0.2, -0.15) is 0 Å². The Morgan fingerprint density at radius 3 is 2.71 bits per heavy atom. The highest BCUT2D eigenvalue weighted by Crippen LogP contribution is 2.57. The lowest BCUT2D eigenvalue weighted by Gasteiger charge is -2.49. The summed E-state index contributed by atoms with van der Waals surface area (Å²) in [6.07, 6.45) is 16.6. The third-order valence-electron chi connectivity index (χ3n) is 11.0. The van der Waals surface area contributed by atoms with Crippen LogP contribution in [0.15, 0.2) is 34.9 Å². The van der Waals surface area contributed by atoms with E-state index in [0.29, 0.717) is 43.5 Å². The van der Waals surface area contributed by atoms with Crippen LogP contribution in [0.5, 0.6) is 11.5 Å². The van der Waals surface area contributed by atoms with Crippen molar-refractivity contribution in [3.8, 4) is 23.3 Å². The van der Waals surface area contributed by atoms with Gasteiger partial charge in [0.05, 0.1) is 18.8 Å². The Morgan fingerprint density at radius 2 is 2.00 bits per heavy atom. The van der Waals surface area contributed by atoms with Gasteiger partial charge in [-0.05, 0) is 112 Å². The molecule has 8 heteroatoms. The zero-order chi connectivity index (χ0) is 34.2. The van der Waals surface area contributed by atoms with Crippen LogP contribution < -0.4 is 21.5 Å². The molecule has 0 aromatic heterocycles. The van der Waals surface area contributed by atoms with Gasteiger partial charge in [0.25, 0.3) is 0 Å². The summed E-state index contributed by atoms with van der Waals surface area (Å²) in [5, 5.41) is 15.9. The number of guanidine groups is 1. The minimum absolute atomic E-state index is 0.0506. The van der Waals surface area contributed by atoms with Crippen LogP contribution in [0.25, 0.3) is 0 Å². The van der Waals surface area contributed by atoms with E-state index in [1.807, 2.05) is 19.2 Å². The largest absolute Gasteiger partial charge is 0.504 e. The Balaban J connectivity index is 1.73. The molecule has 0 amide bonds. The van der Waals surface area contributed by atoms with Crippen LogP contribution >= 0.6 is 0 Å². The Labute approximate surface area is 288 Å². The predicted molar refractivity (Wildman–Crippen MR) is 193 cm³/mol. The number of allylic oxidation sites excluding steroid dienone is 3. The molecule has 7 atom stereocenters. The molecule has 7 unspecified atom stereocenters. The Morgan fingerprint density at radius 1 is 1.21 bits per heavy atom. The van der Waals surface area contributed by atoms with E-state index in [-0.39, 0.29) is 53.3 Å². The van der Waals surface area contributed by atoms with Crippen LogP contribution in [0.2, 0.25) is 0 Å². The van der Waals surface area contributed by atoms with Gasteiger partial charge < -0.3 is 31.4 Å². The second-order valence-electron chi connectivity index (χ2n) is 14.7. The van der Waals surface area contributed by atoms with Crippen molar-refractivity contribution in [1.82, 2.24) is 5.32 Å². The molecule has 48 heavy (non-hydrogen) atoms. The number of phenolic OH excluding ortho intramolecular Hbond substituents is 1. The molecule has 0 heterocycles. The first kappa shape index (κ1) is 36.0. The second kappa shape index (κ2) is 16.9. The molecule has 2 bridgehead atoms. The molecule has 0 spiro atoms. The van der Waals surface area contributed by atoms with Crippen LogP contribution in [0.1, 0.15) is 107 Å². The van der Waals surface area contributed by atoms with Gasteiger partial charge in [-0.15, -0.1) is 0 Å². The van der Waals surface area contributed by atoms with E-state index in [9.17, 15) is 9.90 Å². The third-order valence-corrected chi connectivity index (χ3v) is 11.0. The van der Waals surface area contributed by atoms with E-state index in [4.69, 9.17) is 20.9 Å². The van der Waals surface area contributed by atoms with Crippen molar-refractivity contribution in [3.05, 3.63) is 46.6 Å². The van der Waals surface area contributed by atoms with Crippen molar-refractivity contribution in [1.29, 1.82) is 0 Å².